The largest absolute Gasteiger partial charge is 0.392 e. The van der Waals surface area contributed by atoms with Gasteiger partial charge in [-0.25, -0.2) is 0 Å². The van der Waals surface area contributed by atoms with Gasteiger partial charge in [-0.3, -0.25) is 4.79 Å². The number of nitrogens with one attached hydrogen (secondary N) is 2. The Balaban J connectivity index is 1.93. The van der Waals surface area contributed by atoms with E-state index < -0.39 is 0 Å². The number of carbonyl (C=O) groups excluding carboxylic acids is 1. The molecule has 2 rings (SSSR count). The van der Waals surface area contributed by atoms with Crippen LogP contribution in [0.1, 0.15) is 44.1 Å². The highest BCUT2D eigenvalue weighted by atomic mass is 16.3. The maximum atomic E-state index is 12.2. The molecule has 0 radical (unpaired) electrons. The summed E-state index contributed by atoms with van der Waals surface area (Å²) in [5.74, 6) is 0.0537. The Morgan fingerprint density at radius 1 is 1.20 bits per heavy atom. The van der Waals surface area contributed by atoms with Crippen LogP contribution >= 0.6 is 0 Å². The number of amides is 1. The SMILES string of the molecule is CNC1(CC(=O)Nc2ccc(CO)cc2)CCCCC1. The summed E-state index contributed by atoms with van der Waals surface area (Å²) in [7, 11) is 1.95. The van der Waals surface area contributed by atoms with Crippen molar-refractivity contribution in [3.63, 3.8) is 0 Å². The minimum Gasteiger partial charge on any atom is -0.392 e. The highest BCUT2D eigenvalue weighted by molar-refractivity contribution is 5.91. The zero-order valence-corrected chi connectivity index (χ0v) is 12.1. The second-order valence-electron chi connectivity index (χ2n) is 5.67. The molecule has 0 saturated heterocycles. The van der Waals surface area contributed by atoms with Gasteiger partial charge in [0.25, 0.3) is 0 Å². The van der Waals surface area contributed by atoms with Crippen LogP contribution in [-0.4, -0.2) is 23.6 Å². The first kappa shape index (κ1) is 15.0. The molecule has 1 fully saturated rings. The van der Waals surface area contributed by atoms with Crippen LogP contribution in [0, 0.1) is 0 Å². The van der Waals surface area contributed by atoms with Crippen LogP contribution in [0.4, 0.5) is 5.69 Å². The first-order valence-electron chi connectivity index (χ1n) is 7.36. The molecule has 1 aliphatic rings. The fourth-order valence-electron chi connectivity index (χ4n) is 2.95. The molecule has 0 atom stereocenters. The number of aliphatic hydroxyl groups is 1. The summed E-state index contributed by atoms with van der Waals surface area (Å²) in [5, 5.41) is 15.3. The van der Waals surface area contributed by atoms with E-state index in [1.165, 1.54) is 19.3 Å². The standard InChI is InChI=1S/C16H24N2O2/c1-17-16(9-3-2-4-10-16)11-15(20)18-14-7-5-13(12-19)6-8-14/h5-8,17,19H,2-4,9-12H2,1H3,(H,18,20). The molecule has 0 aliphatic heterocycles. The van der Waals surface area contributed by atoms with Crippen molar-refractivity contribution in [3.8, 4) is 0 Å². The Morgan fingerprint density at radius 3 is 2.40 bits per heavy atom. The predicted octanol–water partition coefficient (Wildman–Crippen LogP) is 2.43. The Morgan fingerprint density at radius 2 is 1.85 bits per heavy atom. The number of benzene rings is 1. The second kappa shape index (κ2) is 6.86. The van der Waals surface area contributed by atoms with E-state index in [1.54, 1.807) is 0 Å². The quantitative estimate of drug-likeness (QED) is 0.774. The lowest BCUT2D eigenvalue weighted by atomic mass is 9.79. The first-order chi connectivity index (χ1) is 9.67. The number of hydrogen-bond acceptors (Lipinski definition) is 3. The Kier molecular flexibility index (Phi) is 5.15. The van der Waals surface area contributed by atoms with E-state index in [2.05, 4.69) is 10.6 Å². The zero-order chi connectivity index (χ0) is 14.4. The molecule has 1 aromatic rings. The molecule has 3 N–H and O–H groups in total. The molecule has 4 nitrogen and oxygen atoms in total. The van der Waals surface area contributed by atoms with Gasteiger partial charge in [-0.05, 0) is 37.6 Å². The van der Waals surface area contributed by atoms with Gasteiger partial charge in [-0.15, -0.1) is 0 Å². The molecule has 0 heterocycles. The van der Waals surface area contributed by atoms with Crippen molar-refractivity contribution in [2.24, 2.45) is 0 Å². The molecular weight excluding hydrogens is 252 g/mol. The Hall–Kier alpha value is -1.39. The van der Waals surface area contributed by atoms with Gasteiger partial charge in [0.2, 0.25) is 5.91 Å². The third-order valence-electron chi connectivity index (χ3n) is 4.26. The van der Waals surface area contributed by atoms with Crippen molar-refractivity contribution < 1.29 is 9.90 Å². The van der Waals surface area contributed by atoms with Gasteiger partial charge < -0.3 is 15.7 Å². The van der Waals surface area contributed by atoms with Gasteiger partial charge in [0.05, 0.1) is 6.61 Å². The number of aliphatic hydroxyl groups excluding tert-OH is 1. The van der Waals surface area contributed by atoms with Crippen LogP contribution in [0.3, 0.4) is 0 Å². The van der Waals surface area contributed by atoms with Gasteiger partial charge >= 0.3 is 0 Å². The van der Waals surface area contributed by atoms with Crippen LogP contribution < -0.4 is 10.6 Å². The first-order valence-corrected chi connectivity index (χ1v) is 7.36. The molecule has 1 amide bonds. The summed E-state index contributed by atoms with van der Waals surface area (Å²) >= 11 is 0. The summed E-state index contributed by atoms with van der Waals surface area (Å²) in [6, 6.07) is 7.31. The minimum absolute atomic E-state index is 0.0249. The van der Waals surface area contributed by atoms with E-state index in [-0.39, 0.29) is 18.1 Å². The van der Waals surface area contributed by atoms with Crippen molar-refractivity contribution in [2.75, 3.05) is 12.4 Å². The second-order valence-corrected chi connectivity index (χ2v) is 5.67. The number of anilines is 1. The van der Waals surface area contributed by atoms with Crippen molar-refractivity contribution in [1.82, 2.24) is 5.32 Å². The molecule has 1 aromatic carbocycles. The third-order valence-corrected chi connectivity index (χ3v) is 4.26. The van der Waals surface area contributed by atoms with Gasteiger partial charge in [0.15, 0.2) is 0 Å². The fourth-order valence-corrected chi connectivity index (χ4v) is 2.95. The van der Waals surface area contributed by atoms with Crippen LogP contribution in [0.15, 0.2) is 24.3 Å². The van der Waals surface area contributed by atoms with E-state index >= 15 is 0 Å². The predicted molar refractivity (Wildman–Crippen MR) is 80.5 cm³/mol. The molecule has 1 saturated carbocycles. The minimum atomic E-state index is -0.0344. The smallest absolute Gasteiger partial charge is 0.226 e. The van der Waals surface area contributed by atoms with Crippen molar-refractivity contribution in [1.29, 1.82) is 0 Å². The fraction of sp³-hybridized carbons (Fsp3) is 0.562. The van der Waals surface area contributed by atoms with E-state index in [9.17, 15) is 4.79 Å². The van der Waals surface area contributed by atoms with Gasteiger partial charge in [-0.2, -0.15) is 0 Å². The average molecular weight is 276 g/mol. The molecule has 4 heteroatoms. The molecule has 20 heavy (non-hydrogen) atoms. The van der Waals surface area contributed by atoms with E-state index in [0.29, 0.717) is 6.42 Å². The Labute approximate surface area is 120 Å². The summed E-state index contributed by atoms with van der Waals surface area (Å²) < 4.78 is 0. The van der Waals surface area contributed by atoms with Crippen molar-refractivity contribution >= 4 is 11.6 Å². The van der Waals surface area contributed by atoms with Gasteiger partial charge in [-0.1, -0.05) is 31.4 Å². The van der Waals surface area contributed by atoms with E-state index in [1.807, 2.05) is 31.3 Å². The topological polar surface area (TPSA) is 61.4 Å². The van der Waals surface area contributed by atoms with Gasteiger partial charge in [0.1, 0.15) is 0 Å². The lowest BCUT2D eigenvalue weighted by molar-refractivity contribution is -0.117. The molecule has 110 valence electrons. The van der Waals surface area contributed by atoms with Gasteiger partial charge in [0, 0.05) is 17.6 Å². The normalized spacial score (nSPS) is 17.7. The van der Waals surface area contributed by atoms with Crippen molar-refractivity contribution in [3.05, 3.63) is 29.8 Å². The van der Waals surface area contributed by atoms with Crippen LogP contribution in [0.25, 0.3) is 0 Å². The maximum Gasteiger partial charge on any atom is 0.226 e. The van der Waals surface area contributed by atoms with Crippen LogP contribution in [0.5, 0.6) is 0 Å². The Bertz CT molecular complexity index is 436. The average Bonchev–Trinajstić information content (AvgIpc) is 2.49. The summed E-state index contributed by atoms with van der Waals surface area (Å²) in [5.41, 5.74) is 1.60. The van der Waals surface area contributed by atoms with Crippen LogP contribution in [-0.2, 0) is 11.4 Å². The molecular formula is C16H24N2O2. The highest BCUT2D eigenvalue weighted by Crippen LogP contribution is 2.31. The number of carbonyl (C=O) groups is 1. The van der Waals surface area contributed by atoms with Crippen molar-refractivity contribution in [2.45, 2.75) is 50.7 Å². The lowest BCUT2D eigenvalue weighted by Gasteiger charge is -2.36. The lowest BCUT2D eigenvalue weighted by Crippen LogP contribution is -2.47. The highest BCUT2D eigenvalue weighted by Gasteiger charge is 2.32. The monoisotopic (exact) mass is 276 g/mol. The molecule has 0 spiro atoms. The van der Waals surface area contributed by atoms with E-state index in [4.69, 9.17) is 5.11 Å². The summed E-state index contributed by atoms with van der Waals surface area (Å²) in [6.07, 6.45) is 6.32. The molecule has 0 unspecified atom stereocenters. The third kappa shape index (κ3) is 3.81. The number of rotatable bonds is 5. The molecule has 0 aromatic heterocycles. The molecule has 1 aliphatic carbocycles. The summed E-state index contributed by atoms with van der Waals surface area (Å²) in [4.78, 5) is 12.2. The van der Waals surface area contributed by atoms with Crippen LogP contribution in [0.2, 0.25) is 0 Å². The number of hydrogen-bond donors (Lipinski definition) is 3. The maximum absolute atomic E-state index is 12.2. The van der Waals surface area contributed by atoms with E-state index in [0.717, 1.165) is 24.1 Å². The molecule has 0 bridgehead atoms. The zero-order valence-electron chi connectivity index (χ0n) is 12.1. The summed E-state index contributed by atoms with van der Waals surface area (Å²) in [6.45, 7) is 0.0249.